The van der Waals surface area contributed by atoms with Crippen molar-refractivity contribution in [1.29, 1.82) is 0 Å². The normalized spacial score (nSPS) is 15.5. The van der Waals surface area contributed by atoms with Crippen LogP contribution in [-0.2, 0) is 11.3 Å². The number of benzene rings is 1. The van der Waals surface area contributed by atoms with Crippen molar-refractivity contribution >= 4 is 21.8 Å². The van der Waals surface area contributed by atoms with Gasteiger partial charge in [-0.3, -0.25) is 9.69 Å². The molecule has 1 fully saturated rings. The monoisotopic (exact) mass is 420 g/mol. The number of aromatic nitrogens is 2. The molecule has 0 aliphatic heterocycles. The van der Waals surface area contributed by atoms with Gasteiger partial charge in [-0.1, -0.05) is 54.1 Å². The zero-order valence-corrected chi connectivity index (χ0v) is 16.5. The fourth-order valence-corrected chi connectivity index (χ4v) is 3.92. The molecular weight excluding hydrogens is 396 g/mol. The molecule has 7 heteroatoms. The average molecular weight is 421 g/mol. The first-order valence-electron chi connectivity index (χ1n) is 9.19. The highest BCUT2D eigenvalue weighted by atomic mass is 79.9. The number of hydrogen-bond acceptors (Lipinski definition) is 5. The highest BCUT2D eigenvalue weighted by Gasteiger charge is 2.18. The molecule has 26 heavy (non-hydrogen) atoms. The summed E-state index contributed by atoms with van der Waals surface area (Å²) in [6.07, 6.45) is 7.65. The molecule has 2 N–H and O–H groups in total. The summed E-state index contributed by atoms with van der Waals surface area (Å²) >= 11 is 3.44. The molecule has 1 heterocycles. The van der Waals surface area contributed by atoms with Gasteiger partial charge in [0.25, 0.3) is 0 Å². The number of carbonyl (C=O) groups is 1. The number of nitrogens with two attached hydrogens (primary N) is 1. The molecule has 0 spiro atoms. The van der Waals surface area contributed by atoms with Gasteiger partial charge in [0.05, 0.1) is 13.1 Å². The molecule has 1 aliphatic carbocycles. The van der Waals surface area contributed by atoms with Crippen LogP contribution in [0.2, 0.25) is 0 Å². The van der Waals surface area contributed by atoms with Crippen LogP contribution < -0.4 is 5.73 Å². The SMILES string of the molecule is NC(=O)CN(CCC1CCCCC1)Cc1nnc(-c2cccc(Br)c2)o1. The zero-order valence-electron chi connectivity index (χ0n) is 14.9. The molecule has 3 rings (SSSR count). The van der Waals surface area contributed by atoms with Gasteiger partial charge in [0.2, 0.25) is 17.7 Å². The zero-order chi connectivity index (χ0) is 18.4. The van der Waals surface area contributed by atoms with Gasteiger partial charge in [0.1, 0.15) is 0 Å². The number of carbonyl (C=O) groups excluding carboxylic acids is 1. The van der Waals surface area contributed by atoms with Gasteiger partial charge >= 0.3 is 0 Å². The van der Waals surface area contributed by atoms with Gasteiger partial charge in [-0.25, -0.2) is 0 Å². The van der Waals surface area contributed by atoms with Crippen LogP contribution in [0.15, 0.2) is 33.2 Å². The van der Waals surface area contributed by atoms with Gasteiger partial charge < -0.3 is 10.2 Å². The first-order valence-corrected chi connectivity index (χ1v) is 9.98. The third-order valence-corrected chi connectivity index (χ3v) is 5.35. The topological polar surface area (TPSA) is 85.3 Å². The van der Waals surface area contributed by atoms with Crippen LogP contribution >= 0.6 is 15.9 Å². The second-order valence-electron chi connectivity index (χ2n) is 6.98. The first-order chi connectivity index (χ1) is 12.6. The Balaban J connectivity index is 1.61. The number of hydrogen-bond donors (Lipinski definition) is 1. The Morgan fingerprint density at radius 1 is 1.27 bits per heavy atom. The van der Waals surface area contributed by atoms with Gasteiger partial charge in [-0.2, -0.15) is 0 Å². The van der Waals surface area contributed by atoms with Crippen LogP contribution in [0.25, 0.3) is 11.5 Å². The summed E-state index contributed by atoms with van der Waals surface area (Å²) in [4.78, 5) is 13.4. The number of primary amides is 1. The molecule has 0 bridgehead atoms. The molecule has 1 amide bonds. The smallest absolute Gasteiger partial charge is 0.247 e. The van der Waals surface area contributed by atoms with Crippen LogP contribution in [0.3, 0.4) is 0 Å². The van der Waals surface area contributed by atoms with Crippen molar-refractivity contribution < 1.29 is 9.21 Å². The molecule has 0 saturated heterocycles. The van der Waals surface area contributed by atoms with Gasteiger partial charge in [-0.15, -0.1) is 10.2 Å². The lowest BCUT2D eigenvalue weighted by molar-refractivity contribution is -0.119. The third kappa shape index (κ3) is 5.64. The van der Waals surface area contributed by atoms with Crippen molar-refractivity contribution in [1.82, 2.24) is 15.1 Å². The fourth-order valence-electron chi connectivity index (χ4n) is 3.52. The highest BCUT2D eigenvalue weighted by molar-refractivity contribution is 9.10. The quantitative estimate of drug-likeness (QED) is 0.702. The van der Waals surface area contributed by atoms with E-state index < -0.39 is 0 Å². The van der Waals surface area contributed by atoms with Crippen molar-refractivity contribution in [2.24, 2.45) is 11.7 Å². The summed E-state index contributed by atoms with van der Waals surface area (Å²) < 4.78 is 6.75. The van der Waals surface area contributed by atoms with E-state index in [2.05, 4.69) is 26.1 Å². The van der Waals surface area contributed by atoms with Crippen LogP contribution in [0.1, 0.15) is 44.4 Å². The minimum Gasteiger partial charge on any atom is -0.419 e. The summed E-state index contributed by atoms with van der Waals surface area (Å²) in [5.74, 6) is 1.40. The van der Waals surface area contributed by atoms with E-state index in [1.165, 1.54) is 32.1 Å². The predicted molar refractivity (Wildman–Crippen MR) is 103 cm³/mol. The van der Waals surface area contributed by atoms with Gasteiger partial charge in [0.15, 0.2) is 0 Å². The van der Waals surface area contributed by atoms with E-state index in [1.807, 2.05) is 29.2 Å². The Morgan fingerprint density at radius 2 is 2.08 bits per heavy atom. The predicted octanol–water partition coefficient (Wildman–Crippen LogP) is 3.76. The molecule has 1 saturated carbocycles. The molecule has 0 radical (unpaired) electrons. The van der Waals surface area contributed by atoms with Crippen molar-refractivity contribution in [3.63, 3.8) is 0 Å². The fraction of sp³-hybridized carbons (Fsp3) is 0.526. The van der Waals surface area contributed by atoms with Gasteiger partial charge in [0, 0.05) is 10.0 Å². The minimum atomic E-state index is -0.333. The van der Waals surface area contributed by atoms with Gasteiger partial charge in [-0.05, 0) is 37.1 Å². The van der Waals surface area contributed by atoms with Crippen LogP contribution in [0.4, 0.5) is 0 Å². The second kappa shape index (κ2) is 9.28. The highest BCUT2D eigenvalue weighted by Crippen LogP contribution is 2.27. The lowest BCUT2D eigenvalue weighted by atomic mass is 9.87. The van der Waals surface area contributed by atoms with E-state index in [1.54, 1.807) is 0 Å². The Kier molecular flexibility index (Phi) is 6.80. The molecule has 0 atom stereocenters. The Hall–Kier alpha value is -1.73. The van der Waals surface area contributed by atoms with Crippen LogP contribution in [0.5, 0.6) is 0 Å². The maximum absolute atomic E-state index is 11.4. The van der Waals surface area contributed by atoms with E-state index in [4.69, 9.17) is 10.2 Å². The van der Waals surface area contributed by atoms with Crippen molar-refractivity contribution in [2.45, 2.75) is 45.1 Å². The maximum Gasteiger partial charge on any atom is 0.247 e. The molecule has 2 aromatic rings. The molecule has 1 aromatic carbocycles. The number of nitrogens with zero attached hydrogens (tertiary/aromatic N) is 3. The van der Waals surface area contributed by atoms with Crippen LogP contribution in [0, 0.1) is 5.92 Å². The lowest BCUT2D eigenvalue weighted by Gasteiger charge is -2.25. The Labute approximate surface area is 162 Å². The largest absolute Gasteiger partial charge is 0.419 e. The Morgan fingerprint density at radius 3 is 2.81 bits per heavy atom. The maximum atomic E-state index is 11.4. The van der Waals surface area contributed by atoms with E-state index in [0.717, 1.165) is 28.9 Å². The summed E-state index contributed by atoms with van der Waals surface area (Å²) in [5, 5.41) is 8.27. The standard InChI is InChI=1S/C19H25BrN4O2/c20-16-8-4-7-15(11-16)19-23-22-18(26-19)13-24(12-17(21)25)10-9-14-5-2-1-3-6-14/h4,7-8,11,14H,1-3,5-6,9-10,12-13H2,(H2,21,25). The van der Waals surface area contributed by atoms with Crippen molar-refractivity contribution in [3.8, 4) is 11.5 Å². The lowest BCUT2D eigenvalue weighted by Crippen LogP contribution is -2.35. The van der Waals surface area contributed by atoms with E-state index in [-0.39, 0.29) is 12.5 Å². The summed E-state index contributed by atoms with van der Waals surface area (Å²) in [5.41, 5.74) is 6.28. The van der Waals surface area contributed by atoms with Crippen LogP contribution in [-0.4, -0.2) is 34.1 Å². The van der Waals surface area contributed by atoms with Crippen molar-refractivity contribution in [2.75, 3.05) is 13.1 Å². The third-order valence-electron chi connectivity index (χ3n) is 4.86. The molecule has 140 valence electrons. The first kappa shape index (κ1) is 19.0. The molecular formula is C19H25BrN4O2. The van der Waals surface area contributed by atoms with E-state index in [9.17, 15) is 4.79 Å². The van der Waals surface area contributed by atoms with E-state index >= 15 is 0 Å². The molecule has 1 aliphatic rings. The number of rotatable bonds is 8. The summed E-state index contributed by atoms with van der Waals surface area (Å²) in [7, 11) is 0. The van der Waals surface area contributed by atoms with E-state index in [0.29, 0.717) is 18.3 Å². The molecule has 1 aromatic heterocycles. The summed E-state index contributed by atoms with van der Waals surface area (Å²) in [6, 6.07) is 7.72. The second-order valence-corrected chi connectivity index (χ2v) is 7.90. The minimum absolute atomic E-state index is 0.210. The Bertz CT molecular complexity index is 728. The number of amides is 1. The average Bonchev–Trinajstić information content (AvgIpc) is 3.09. The van der Waals surface area contributed by atoms with Crippen molar-refractivity contribution in [3.05, 3.63) is 34.6 Å². The summed E-state index contributed by atoms with van der Waals surface area (Å²) in [6.45, 7) is 1.47. The molecule has 6 nitrogen and oxygen atoms in total. The molecule has 0 unspecified atom stereocenters. The number of halogens is 1.